The van der Waals surface area contributed by atoms with Gasteiger partial charge in [0.25, 0.3) is 0 Å². The smallest absolute Gasteiger partial charge is 0.306 e. The molecule has 6 nitrogen and oxygen atoms in total. The number of unbranched alkanes of at least 4 members (excludes halogenated alkanes) is 59. The molecule has 0 bridgehead atoms. The molecule has 1 atom stereocenters. The number of ether oxygens (including phenoxy) is 3. The number of rotatable bonds is 72. The van der Waals surface area contributed by atoms with Gasteiger partial charge in [-0.2, -0.15) is 0 Å². The van der Waals surface area contributed by atoms with Gasteiger partial charge in [-0.1, -0.05) is 392 Å². The summed E-state index contributed by atoms with van der Waals surface area (Å²) in [5, 5.41) is 0. The molecule has 0 fully saturated rings. The highest BCUT2D eigenvalue weighted by Crippen LogP contribution is 2.20. The lowest BCUT2D eigenvalue weighted by Crippen LogP contribution is -2.30. The molecule has 0 spiro atoms. The minimum Gasteiger partial charge on any atom is -0.462 e. The van der Waals surface area contributed by atoms with Crippen molar-refractivity contribution in [3.05, 3.63) is 12.2 Å². The van der Waals surface area contributed by atoms with E-state index in [1.54, 1.807) is 0 Å². The maximum absolute atomic E-state index is 12.9. The van der Waals surface area contributed by atoms with Crippen molar-refractivity contribution >= 4 is 17.9 Å². The molecule has 0 aromatic carbocycles. The summed E-state index contributed by atoms with van der Waals surface area (Å²) >= 11 is 0. The van der Waals surface area contributed by atoms with Crippen molar-refractivity contribution in [1.29, 1.82) is 0 Å². The average Bonchev–Trinajstić information content (AvgIpc) is 3.49. The summed E-state index contributed by atoms with van der Waals surface area (Å²) in [6.45, 7) is 6.72. The monoisotopic (exact) mass is 1170 g/mol. The zero-order valence-corrected chi connectivity index (χ0v) is 56.8. The molecule has 0 amide bonds. The first kappa shape index (κ1) is 81.2. The maximum atomic E-state index is 12.9. The number of hydrogen-bond donors (Lipinski definition) is 0. The van der Waals surface area contributed by atoms with Crippen molar-refractivity contribution in [2.24, 2.45) is 0 Å². The highest BCUT2D eigenvalue weighted by atomic mass is 16.6. The summed E-state index contributed by atoms with van der Waals surface area (Å²) in [6, 6.07) is 0. The van der Waals surface area contributed by atoms with E-state index in [1.807, 2.05) is 0 Å². The molecule has 83 heavy (non-hydrogen) atoms. The Bertz CT molecular complexity index is 1300. The number of carbonyl (C=O) groups excluding carboxylic acids is 3. The van der Waals surface area contributed by atoms with Crippen LogP contribution in [0, 0.1) is 0 Å². The molecule has 0 radical (unpaired) electrons. The standard InChI is InChI=1S/C77H148O6/c1-4-7-10-13-16-19-22-25-28-30-31-32-33-34-35-36-37-38-39-40-41-42-43-44-45-46-47-50-52-55-58-61-64-67-70-76(79)82-73-74(72-81-75(78)69-66-63-60-57-54-51-48-27-24-21-18-15-12-9-6-3)83-77(80)71-68-65-62-59-56-53-49-29-26-23-20-17-14-11-8-5-2/h27,48,74H,4-26,28-47,49-73H2,1-3H3/b48-27-. The second-order valence-electron chi connectivity index (χ2n) is 26.3. The van der Waals surface area contributed by atoms with E-state index < -0.39 is 6.10 Å². The molecule has 0 heterocycles. The van der Waals surface area contributed by atoms with Gasteiger partial charge in [0.05, 0.1) is 0 Å². The summed E-state index contributed by atoms with van der Waals surface area (Å²) in [5.74, 6) is -0.838. The summed E-state index contributed by atoms with van der Waals surface area (Å²) in [4.78, 5) is 38.4. The molecule has 0 aliphatic rings. The van der Waals surface area contributed by atoms with Gasteiger partial charge in [0.2, 0.25) is 0 Å². The normalized spacial score (nSPS) is 12.0. The van der Waals surface area contributed by atoms with Gasteiger partial charge < -0.3 is 14.2 Å². The van der Waals surface area contributed by atoms with Crippen LogP contribution in [-0.4, -0.2) is 37.2 Å². The van der Waals surface area contributed by atoms with Crippen LogP contribution < -0.4 is 0 Å². The van der Waals surface area contributed by atoms with Crippen LogP contribution in [0.4, 0.5) is 0 Å². The van der Waals surface area contributed by atoms with Crippen molar-refractivity contribution in [1.82, 2.24) is 0 Å². The van der Waals surface area contributed by atoms with Crippen molar-refractivity contribution < 1.29 is 28.6 Å². The number of hydrogen-bond acceptors (Lipinski definition) is 6. The predicted octanol–water partition coefficient (Wildman–Crippen LogP) is 26.3. The minimum atomic E-state index is -0.770. The molecule has 6 heteroatoms. The van der Waals surface area contributed by atoms with Gasteiger partial charge >= 0.3 is 17.9 Å². The number of carbonyl (C=O) groups is 3. The van der Waals surface area contributed by atoms with Crippen LogP contribution in [0.25, 0.3) is 0 Å². The van der Waals surface area contributed by atoms with E-state index in [2.05, 4.69) is 32.9 Å². The Balaban J connectivity index is 4.07. The second-order valence-corrected chi connectivity index (χ2v) is 26.3. The molecule has 0 aromatic rings. The van der Waals surface area contributed by atoms with Gasteiger partial charge in [-0.3, -0.25) is 14.4 Å². The first-order valence-corrected chi connectivity index (χ1v) is 38.2. The van der Waals surface area contributed by atoms with Crippen molar-refractivity contribution in [2.45, 2.75) is 451 Å². The molecule has 492 valence electrons. The van der Waals surface area contributed by atoms with E-state index in [0.717, 1.165) is 64.2 Å². The third-order valence-electron chi connectivity index (χ3n) is 17.8. The van der Waals surface area contributed by atoms with E-state index in [-0.39, 0.29) is 31.1 Å². The summed E-state index contributed by atoms with van der Waals surface area (Å²) in [5.41, 5.74) is 0. The number of allylic oxidation sites excluding steroid dienone is 2. The topological polar surface area (TPSA) is 78.9 Å². The fourth-order valence-corrected chi connectivity index (χ4v) is 12.0. The fraction of sp³-hybridized carbons (Fsp3) is 0.935. The van der Waals surface area contributed by atoms with Crippen LogP contribution in [0.5, 0.6) is 0 Å². The molecule has 0 saturated heterocycles. The van der Waals surface area contributed by atoms with Crippen LogP contribution in [0.2, 0.25) is 0 Å². The lowest BCUT2D eigenvalue weighted by molar-refractivity contribution is -0.167. The van der Waals surface area contributed by atoms with E-state index >= 15 is 0 Å². The van der Waals surface area contributed by atoms with Gasteiger partial charge in [-0.05, 0) is 44.9 Å². The molecule has 0 aromatic heterocycles. The third-order valence-corrected chi connectivity index (χ3v) is 17.8. The highest BCUT2D eigenvalue weighted by Gasteiger charge is 2.20. The van der Waals surface area contributed by atoms with Gasteiger partial charge in [0.15, 0.2) is 6.10 Å². The molecular formula is C77H148O6. The molecule has 0 rings (SSSR count). The third kappa shape index (κ3) is 70.8. The Morgan fingerprint density at radius 1 is 0.229 bits per heavy atom. The van der Waals surface area contributed by atoms with Crippen LogP contribution in [0.3, 0.4) is 0 Å². The SMILES string of the molecule is CCCCCCCC/C=C\CCCCCCCC(=O)OCC(COC(=O)CCCCCCCCCCCCCCCCCCCCCCCCCCCCCCCCCCCC)OC(=O)CCCCCCCCCCCCCCCCCC. The lowest BCUT2D eigenvalue weighted by atomic mass is 10.0. The molecule has 1 unspecified atom stereocenters. The van der Waals surface area contributed by atoms with Crippen molar-refractivity contribution in [3.8, 4) is 0 Å². The first-order chi connectivity index (χ1) is 41.0. The minimum absolute atomic E-state index is 0.0656. The zero-order chi connectivity index (χ0) is 59.9. The second kappa shape index (κ2) is 72.6. The quantitative estimate of drug-likeness (QED) is 0.0261. The summed E-state index contributed by atoms with van der Waals surface area (Å²) < 4.78 is 17.0. The van der Waals surface area contributed by atoms with E-state index in [4.69, 9.17) is 14.2 Å². The Morgan fingerprint density at radius 3 is 0.602 bits per heavy atom. The average molecular weight is 1170 g/mol. The first-order valence-electron chi connectivity index (χ1n) is 38.2. The van der Waals surface area contributed by atoms with Gasteiger partial charge in [0.1, 0.15) is 13.2 Å². The lowest BCUT2D eigenvalue weighted by Gasteiger charge is -2.18. The molecule has 0 aliphatic heterocycles. The summed E-state index contributed by atoms with van der Waals surface area (Å²) in [6.07, 6.45) is 88.5. The fourth-order valence-electron chi connectivity index (χ4n) is 12.0. The van der Waals surface area contributed by atoms with Crippen LogP contribution in [0.1, 0.15) is 445 Å². The maximum Gasteiger partial charge on any atom is 0.306 e. The van der Waals surface area contributed by atoms with Crippen LogP contribution in [-0.2, 0) is 28.6 Å². The molecule has 0 N–H and O–H groups in total. The molecule has 0 aliphatic carbocycles. The predicted molar refractivity (Wildman–Crippen MR) is 363 cm³/mol. The van der Waals surface area contributed by atoms with E-state index in [9.17, 15) is 14.4 Å². The van der Waals surface area contributed by atoms with Gasteiger partial charge in [-0.15, -0.1) is 0 Å². The van der Waals surface area contributed by atoms with Gasteiger partial charge in [-0.25, -0.2) is 0 Å². The van der Waals surface area contributed by atoms with Crippen LogP contribution >= 0.6 is 0 Å². The Hall–Kier alpha value is -1.85. The van der Waals surface area contributed by atoms with Crippen molar-refractivity contribution in [2.75, 3.05) is 13.2 Å². The summed E-state index contributed by atoms with van der Waals surface area (Å²) in [7, 11) is 0. The zero-order valence-electron chi connectivity index (χ0n) is 56.8. The molecule has 0 saturated carbocycles. The van der Waals surface area contributed by atoms with E-state index in [0.29, 0.717) is 19.3 Å². The largest absolute Gasteiger partial charge is 0.462 e. The Labute approximate surface area is 520 Å². The molecular weight excluding hydrogens is 1020 g/mol. The Morgan fingerprint density at radius 2 is 0.398 bits per heavy atom. The number of esters is 3. The van der Waals surface area contributed by atoms with Crippen LogP contribution in [0.15, 0.2) is 12.2 Å². The van der Waals surface area contributed by atoms with E-state index in [1.165, 1.54) is 340 Å². The van der Waals surface area contributed by atoms with Crippen molar-refractivity contribution in [3.63, 3.8) is 0 Å². The van der Waals surface area contributed by atoms with Gasteiger partial charge in [0, 0.05) is 19.3 Å². The Kier molecular flexibility index (Phi) is 71.0. The highest BCUT2D eigenvalue weighted by molar-refractivity contribution is 5.71.